The molecule has 11 heteroatoms. The number of thioether (sulfide) groups is 1. The average molecular weight is 669 g/mol. The largest absolute Gasteiger partial charge is 0.458 e. The predicted octanol–water partition coefficient (Wildman–Crippen LogP) is 7.05. The summed E-state index contributed by atoms with van der Waals surface area (Å²) in [6.45, 7) is 4.17. The van der Waals surface area contributed by atoms with Gasteiger partial charge in [0.15, 0.2) is 5.69 Å². The van der Waals surface area contributed by atoms with Crippen LogP contribution in [0, 0.1) is 0 Å². The Morgan fingerprint density at radius 2 is 1.47 bits per heavy atom. The number of rotatable bonds is 12. The van der Waals surface area contributed by atoms with Crippen molar-refractivity contribution in [3.8, 4) is 11.1 Å². The minimum absolute atomic E-state index is 0.0341. The van der Waals surface area contributed by atoms with Crippen LogP contribution >= 0.6 is 11.8 Å². The van der Waals surface area contributed by atoms with E-state index in [4.69, 9.17) is 4.74 Å². The number of aromatic nitrogens is 2. The molecule has 1 unspecified atom stereocenters. The fraction of sp³-hybridized carbons (Fsp3) is 0.194. The molecule has 0 aliphatic heterocycles. The molecule has 2 N–H and O–H groups in total. The van der Waals surface area contributed by atoms with E-state index in [1.807, 2.05) is 105 Å². The zero-order valence-electron chi connectivity index (χ0n) is 26.3. The van der Waals surface area contributed by atoms with Crippen LogP contribution in [0.3, 0.4) is 0 Å². The average Bonchev–Trinajstić information content (AvgIpc) is 3.50. The standard InChI is InChI=1S/C36H36N4O5S2/c1-4-25(2)45-35(41)33-34(46-3)37-24-40(33)23-26-19-21-27(22-20-26)30-17-11-12-18-31(30)47(43,44)39-36(42)38-32(28-13-7-5-8-14-28)29-15-9-6-10-16-29/h5-22,24-25,32H,4,23H2,1-3H3,(H2,38,39,42). The number of nitrogens with one attached hydrogen (secondary N) is 2. The first-order chi connectivity index (χ1) is 22.7. The van der Waals surface area contributed by atoms with Gasteiger partial charge in [0.25, 0.3) is 10.0 Å². The number of nitrogens with zero attached hydrogens (tertiary/aromatic N) is 2. The van der Waals surface area contributed by atoms with Gasteiger partial charge in [0.1, 0.15) is 5.03 Å². The molecule has 0 radical (unpaired) electrons. The Morgan fingerprint density at radius 3 is 2.06 bits per heavy atom. The number of hydrogen-bond acceptors (Lipinski definition) is 7. The number of urea groups is 1. The third-order valence-electron chi connectivity index (χ3n) is 7.64. The van der Waals surface area contributed by atoms with E-state index in [2.05, 4.69) is 15.0 Å². The maximum Gasteiger partial charge on any atom is 0.358 e. The van der Waals surface area contributed by atoms with Gasteiger partial charge in [-0.2, -0.15) is 0 Å². The molecular weight excluding hydrogens is 633 g/mol. The van der Waals surface area contributed by atoms with Gasteiger partial charge in [-0.1, -0.05) is 110 Å². The van der Waals surface area contributed by atoms with Crippen molar-refractivity contribution in [1.29, 1.82) is 0 Å². The number of carbonyl (C=O) groups is 2. The Morgan fingerprint density at radius 1 is 0.872 bits per heavy atom. The van der Waals surface area contributed by atoms with Gasteiger partial charge in [-0.3, -0.25) is 0 Å². The molecule has 2 amide bonds. The van der Waals surface area contributed by atoms with Crippen molar-refractivity contribution >= 4 is 33.8 Å². The molecule has 9 nitrogen and oxygen atoms in total. The second kappa shape index (κ2) is 15.1. The summed E-state index contributed by atoms with van der Waals surface area (Å²) in [6, 6.07) is 31.2. The van der Waals surface area contributed by atoms with Gasteiger partial charge < -0.3 is 14.6 Å². The van der Waals surface area contributed by atoms with E-state index in [0.717, 1.165) is 16.7 Å². The molecule has 1 heterocycles. The van der Waals surface area contributed by atoms with E-state index >= 15 is 0 Å². The van der Waals surface area contributed by atoms with Crippen molar-refractivity contribution < 1.29 is 22.7 Å². The number of hydrogen-bond donors (Lipinski definition) is 2. The second-order valence-electron chi connectivity index (χ2n) is 10.9. The highest BCUT2D eigenvalue weighted by Gasteiger charge is 2.25. The first-order valence-electron chi connectivity index (χ1n) is 15.1. The summed E-state index contributed by atoms with van der Waals surface area (Å²) in [5.41, 5.74) is 3.98. The lowest BCUT2D eigenvalue weighted by Gasteiger charge is -2.20. The van der Waals surface area contributed by atoms with Gasteiger partial charge in [0.2, 0.25) is 0 Å². The lowest BCUT2D eigenvalue weighted by Crippen LogP contribution is -2.41. The molecule has 0 saturated heterocycles. The van der Waals surface area contributed by atoms with Crippen molar-refractivity contribution in [3.05, 3.63) is 138 Å². The third-order valence-corrected chi connectivity index (χ3v) is 9.71. The minimum Gasteiger partial charge on any atom is -0.458 e. The SMILES string of the molecule is CCC(C)OC(=O)c1c(SC)ncn1Cc1ccc(-c2ccccc2S(=O)(=O)NC(=O)NC(c2ccccc2)c2ccccc2)cc1. The lowest BCUT2D eigenvalue weighted by atomic mass is 9.99. The fourth-order valence-corrected chi connectivity index (χ4v) is 6.77. The highest BCUT2D eigenvalue weighted by atomic mass is 32.2. The van der Waals surface area contributed by atoms with Crippen molar-refractivity contribution in [3.63, 3.8) is 0 Å². The lowest BCUT2D eigenvalue weighted by molar-refractivity contribution is 0.0317. The molecule has 47 heavy (non-hydrogen) atoms. The van der Waals surface area contributed by atoms with Crippen molar-refractivity contribution in [2.24, 2.45) is 0 Å². The van der Waals surface area contributed by atoms with Gasteiger partial charge in [-0.05, 0) is 47.9 Å². The zero-order valence-corrected chi connectivity index (χ0v) is 27.9. The number of amides is 2. The van der Waals surface area contributed by atoms with Gasteiger partial charge in [0.05, 0.1) is 23.4 Å². The highest BCUT2D eigenvalue weighted by Crippen LogP contribution is 2.29. The Kier molecular flexibility index (Phi) is 10.8. The van der Waals surface area contributed by atoms with E-state index in [-0.39, 0.29) is 11.0 Å². The molecule has 1 aromatic heterocycles. The summed E-state index contributed by atoms with van der Waals surface area (Å²) in [5, 5.41) is 3.41. The number of esters is 1. The summed E-state index contributed by atoms with van der Waals surface area (Å²) in [4.78, 5) is 30.5. The Balaban J connectivity index is 1.35. The number of ether oxygens (including phenoxy) is 1. The first kappa shape index (κ1) is 33.5. The third kappa shape index (κ3) is 8.11. The first-order valence-corrected chi connectivity index (χ1v) is 17.8. The molecule has 5 aromatic rings. The summed E-state index contributed by atoms with van der Waals surface area (Å²) in [5.74, 6) is -0.424. The normalized spacial score (nSPS) is 12.0. The van der Waals surface area contributed by atoms with Crippen molar-refractivity contribution in [2.45, 2.75) is 48.9 Å². The molecule has 1 atom stereocenters. The maximum atomic E-state index is 13.6. The molecule has 5 rings (SSSR count). The van der Waals surface area contributed by atoms with Crippen LogP contribution in [0.5, 0.6) is 0 Å². The molecule has 0 aliphatic rings. The molecule has 0 saturated carbocycles. The molecular formula is C36H36N4O5S2. The van der Waals surface area contributed by atoms with Gasteiger partial charge in [0, 0.05) is 12.1 Å². The molecule has 0 aliphatic carbocycles. The van der Waals surface area contributed by atoms with Crippen LogP contribution in [0.4, 0.5) is 4.79 Å². The van der Waals surface area contributed by atoms with E-state index in [0.29, 0.717) is 34.8 Å². The molecule has 242 valence electrons. The Bertz CT molecular complexity index is 1890. The quantitative estimate of drug-likeness (QED) is 0.108. The smallest absolute Gasteiger partial charge is 0.358 e. The molecule has 0 spiro atoms. The topological polar surface area (TPSA) is 119 Å². The fourth-order valence-electron chi connectivity index (χ4n) is 5.07. The summed E-state index contributed by atoms with van der Waals surface area (Å²) >= 11 is 1.37. The van der Waals surface area contributed by atoms with E-state index < -0.39 is 28.1 Å². The molecule has 4 aromatic carbocycles. The zero-order chi connectivity index (χ0) is 33.4. The van der Waals surface area contributed by atoms with Crippen LogP contribution < -0.4 is 10.0 Å². The Labute approximate surface area is 279 Å². The Hall–Kier alpha value is -4.87. The highest BCUT2D eigenvalue weighted by molar-refractivity contribution is 7.98. The second-order valence-corrected chi connectivity index (χ2v) is 13.3. The number of benzene rings is 4. The number of sulfonamides is 1. The van der Waals surface area contributed by atoms with Crippen LogP contribution in [0.15, 0.2) is 125 Å². The van der Waals surface area contributed by atoms with Crippen LogP contribution in [0.25, 0.3) is 11.1 Å². The summed E-state index contributed by atoms with van der Waals surface area (Å²) in [7, 11) is -4.26. The van der Waals surface area contributed by atoms with Crippen LogP contribution in [-0.4, -0.2) is 42.3 Å². The van der Waals surface area contributed by atoms with Crippen LogP contribution in [0.2, 0.25) is 0 Å². The summed E-state index contributed by atoms with van der Waals surface area (Å²) < 4.78 is 36.7. The minimum atomic E-state index is -4.26. The number of carbonyl (C=O) groups excluding carboxylic acids is 2. The van der Waals surface area contributed by atoms with E-state index in [9.17, 15) is 18.0 Å². The van der Waals surface area contributed by atoms with Gasteiger partial charge >= 0.3 is 12.0 Å². The van der Waals surface area contributed by atoms with E-state index in [1.165, 1.54) is 17.8 Å². The van der Waals surface area contributed by atoms with E-state index in [1.54, 1.807) is 29.1 Å². The molecule has 0 fully saturated rings. The molecule has 0 bridgehead atoms. The monoisotopic (exact) mass is 668 g/mol. The number of imidazole rings is 1. The summed E-state index contributed by atoms with van der Waals surface area (Å²) in [6.07, 6.45) is 3.96. The maximum absolute atomic E-state index is 13.6. The van der Waals surface area contributed by atoms with Crippen molar-refractivity contribution in [2.75, 3.05) is 6.26 Å². The van der Waals surface area contributed by atoms with Crippen molar-refractivity contribution in [1.82, 2.24) is 19.6 Å². The van der Waals surface area contributed by atoms with Crippen LogP contribution in [-0.2, 0) is 21.3 Å². The predicted molar refractivity (Wildman–Crippen MR) is 184 cm³/mol. The van der Waals surface area contributed by atoms with Crippen LogP contribution in [0.1, 0.15) is 53.5 Å². The van der Waals surface area contributed by atoms with Gasteiger partial charge in [-0.25, -0.2) is 27.7 Å². The van der Waals surface area contributed by atoms with Gasteiger partial charge in [-0.15, -0.1) is 11.8 Å².